The molecule has 0 radical (unpaired) electrons. The van der Waals surface area contributed by atoms with E-state index in [1.807, 2.05) is 13.8 Å². The Morgan fingerprint density at radius 3 is 1.90 bits per heavy atom. The minimum Gasteiger partial charge on any atom is -0.364 e. The van der Waals surface area contributed by atoms with Crippen LogP contribution in [-0.2, 0) is 0 Å². The lowest BCUT2D eigenvalue weighted by Crippen LogP contribution is -2.64. The SMILES string of the molecule is CC.CC(O)(O)[C@]12CC3(CC3)CN1C(O)(O)CC21CC1. The summed E-state index contributed by atoms with van der Waals surface area (Å²) in [5.74, 6) is -3.77. The van der Waals surface area contributed by atoms with Gasteiger partial charge in [0.15, 0.2) is 5.79 Å². The zero-order chi connectivity index (χ0) is 15.0. The Kier molecular flexibility index (Phi) is 2.77. The van der Waals surface area contributed by atoms with Gasteiger partial charge in [0.25, 0.3) is 0 Å². The quantitative estimate of drug-likeness (QED) is 0.535. The molecule has 4 aliphatic rings. The van der Waals surface area contributed by atoms with Gasteiger partial charge in [-0.25, -0.2) is 4.90 Å². The van der Waals surface area contributed by atoms with Crippen molar-refractivity contribution < 1.29 is 20.4 Å². The lowest BCUT2D eigenvalue weighted by molar-refractivity contribution is -0.300. The standard InChI is InChI=1S/C13H21NO4.C2H6/c1-9(15,16)12-6-10(2-3-10)8-14(12)13(17,18)7-11(12)4-5-11;1-2/h15-18H,2-8H2,1H3;1-2H3/t12-;/m0./s1. The maximum atomic E-state index is 10.3. The van der Waals surface area contributed by atoms with Crippen molar-refractivity contribution >= 4 is 0 Å². The van der Waals surface area contributed by atoms with Gasteiger partial charge >= 0.3 is 0 Å². The Bertz CT molecular complexity index is 420. The normalized spacial score (nSPS) is 38.5. The highest BCUT2D eigenvalue weighted by molar-refractivity contribution is 5.30. The van der Waals surface area contributed by atoms with Crippen LogP contribution in [0.5, 0.6) is 0 Å². The van der Waals surface area contributed by atoms with E-state index in [-0.39, 0.29) is 17.3 Å². The average Bonchev–Trinajstić information content (AvgIpc) is 3.18. The fourth-order valence-electron chi connectivity index (χ4n) is 4.94. The highest BCUT2D eigenvalue weighted by Crippen LogP contribution is 2.76. The van der Waals surface area contributed by atoms with E-state index in [2.05, 4.69) is 0 Å². The monoisotopic (exact) mass is 285 g/mol. The highest BCUT2D eigenvalue weighted by Gasteiger charge is 2.82. The average molecular weight is 285 g/mol. The van der Waals surface area contributed by atoms with Gasteiger partial charge in [0, 0.05) is 18.4 Å². The molecule has 5 nitrogen and oxygen atoms in total. The molecule has 0 aromatic rings. The van der Waals surface area contributed by atoms with E-state index in [4.69, 9.17) is 0 Å². The molecule has 2 aliphatic heterocycles. The molecule has 2 aliphatic carbocycles. The predicted octanol–water partition coefficient (Wildman–Crippen LogP) is 0.760. The van der Waals surface area contributed by atoms with E-state index < -0.39 is 17.2 Å². The number of aliphatic hydroxyl groups is 4. The van der Waals surface area contributed by atoms with Crippen LogP contribution in [0.2, 0.25) is 0 Å². The first-order chi connectivity index (χ1) is 9.17. The lowest BCUT2D eigenvalue weighted by Gasteiger charge is -2.46. The first-order valence-electron chi connectivity index (χ1n) is 7.84. The molecule has 0 unspecified atom stereocenters. The fourth-order valence-corrected chi connectivity index (χ4v) is 4.94. The van der Waals surface area contributed by atoms with Gasteiger partial charge in [0.05, 0.1) is 5.54 Å². The number of rotatable bonds is 1. The van der Waals surface area contributed by atoms with Crippen molar-refractivity contribution in [1.82, 2.24) is 4.90 Å². The topological polar surface area (TPSA) is 84.2 Å². The molecule has 1 atom stereocenters. The highest BCUT2D eigenvalue weighted by atomic mass is 16.5. The third-order valence-corrected chi connectivity index (χ3v) is 6.06. The molecule has 4 rings (SSSR count). The van der Waals surface area contributed by atoms with E-state index in [0.29, 0.717) is 13.0 Å². The second-order valence-corrected chi connectivity index (χ2v) is 7.38. The zero-order valence-electron chi connectivity index (χ0n) is 12.7. The molecule has 4 fully saturated rings. The van der Waals surface area contributed by atoms with Gasteiger partial charge in [-0.3, -0.25) is 0 Å². The van der Waals surface area contributed by atoms with Gasteiger partial charge in [-0.15, -0.1) is 0 Å². The van der Waals surface area contributed by atoms with Crippen molar-refractivity contribution in [3.05, 3.63) is 0 Å². The molecule has 0 aromatic heterocycles. The van der Waals surface area contributed by atoms with Crippen LogP contribution in [-0.4, -0.2) is 49.1 Å². The molecule has 5 heteroatoms. The predicted molar refractivity (Wildman–Crippen MR) is 73.4 cm³/mol. The van der Waals surface area contributed by atoms with E-state index in [9.17, 15) is 20.4 Å². The van der Waals surface area contributed by atoms with Crippen LogP contribution in [0.1, 0.15) is 59.3 Å². The second-order valence-electron chi connectivity index (χ2n) is 7.38. The number of hydrogen-bond donors (Lipinski definition) is 4. The maximum Gasteiger partial charge on any atom is 0.226 e. The van der Waals surface area contributed by atoms with Gasteiger partial charge in [0.2, 0.25) is 5.91 Å². The Morgan fingerprint density at radius 2 is 1.50 bits per heavy atom. The van der Waals surface area contributed by atoms with Gasteiger partial charge in [-0.2, -0.15) is 0 Å². The molecule has 0 bridgehead atoms. The van der Waals surface area contributed by atoms with Gasteiger partial charge < -0.3 is 20.4 Å². The van der Waals surface area contributed by atoms with Gasteiger partial charge in [-0.1, -0.05) is 13.8 Å². The molecule has 0 amide bonds. The molecule has 116 valence electrons. The van der Waals surface area contributed by atoms with E-state index in [1.165, 1.54) is 6.92 Å². The summed E-state index contributed by atoms with van der Waals surface area (Å²) in [7, 11) is 0. The number of hydrogen-bond acceptors (Lipinski definition) is 5. The maximum absolute atomic E-state index is 10.3. The molecule has 2 spiro atoms. The third kappa shape index (κ3) is 1.56. The fraction of sp³-hybridized carbons (Fsp3) is 1.00. The molecular formula is C15H27NO4. The summed E-state index contributed by atoms with van der Waals surface area (Å²) >= 11 is 0. The van der Waals surface area contributed by atoms with Crippen molar-refractivity contribution in [2.45, 2.75) is 76.5 Å². The Morgan fingerprint density at radius 1 is 0.950 bits per heavy atom. The van der Waals surface area contributed by atoms with Crippen LogP contribution in [0.15, 0.2) is 0 Å². The third-order valence-electron chi connectivity index (χ3n) is 6.06. The Hall–Kier alpha value is -0.200. The van der Waals surface area contributed by atoms with Crippen LogP contribution in [0.4, 0.5) is 0 Å². The lowest BCUT2D eigenvalue weighted by atomic mass is 9.72. The summed E-state index contributed by atoms with van der Waals surface area (Å²) in [6.45, 7) is 5.99. The number of nitrogens with zero attached hydrogens (tertiary/aromatic N) is 1. The molecular weight excluding hydrogens is 258 g/mol. The van der Waals surface area contributed by atoms with E-state index in [0.717, 1.165) is 25.7 Å². The summed E-state index contributed by atoms with van der Waals surface area (Å²) in [4.78, 5) is 1.60. The van der Waals surface area contributed by atoms with E-state index >= 15 is 0 Å². The van der Waals surface area contributed by atoms with Crippen molar-refractivity contribution in [2.24, 2.45) is 10.8 Å². The summed E-state index contributed by atoms with van der Waals surface area (Å²) < 4.78 is 0. The largest absolute Gasteiger partial charge is 0.364 e. The van der Waals surface area contributed by atoms with Crippen molar-refractivity contribution in [2.75, 3.05) is 6.54 Å². The summed E-state index contributed by atoms with van der Waals surface area (Å²) in [6.07, 6.45) is 4.78. The molecule has 4 N–H and O–H groups in total. The second kappa shape index (κ2) is 3.76. The van der Waals surface area contributed by atoms with Crippen LogP contribution in [0.3, 0.4) is 0 Å². The molecule has 20 heavy (non-hydrogen) atoms. The van der Waals surface area contributed by atoms with Crippen molar-refractivity contribution in [1.29, 1.82) is 0 Å². The van der Waals surface area contributed by atoms with Crippen LogP contribution in [0.25, 0.3) is 0 Å². The zero-order valence-corrected chi connectivity index (χ0v) is 12.7. The molecule has 2 heterocycles. The van der Waals surface area contributed by atoms with E-state index in [1.54, 1.807) is 4.90 Å². The number of fused-ring (bicyclic) bond motifs is 2. The summed E-state index contributed by atoms with van der Waals surface area (Å²) in [6, 6.07) is 0. The minimum absolute atomic E-state index is 0.0967. The van der Waals surface area contributed by atoms with Gasteiger partial charge in [-0.05, 0) is 44.4 Å². The minimum atomic E-state index is -1.89. The van der Waals surface area contributed by atoms with Crippen molar-refractivity contribution in [3.63, 3.8) is 0 Å². The summed E-state index contributed by atoms with van der Waals surface area (Å²) in [5, 5.41) is 41.3. The van der Waals surface area contributed by atoms with Crippen LogP contribution >= 0.6 is 0 Å². The van der Waals surface area contributed by atoms with Crippen LogP contribution in [0, 0.1) is 10.8 Å². The Balaban J connectivity index is 0.000000581. The first kappa shape index (κ1) is 14.7. The molecule has 0 aromatic carbocycles. The van der Waals surface area contributed by atoms with Gasteiger partial charge in [0.1, 0.15) is 0 Å². The van der Waals surface area contributed by atoms with Crippen molar-refractivity contribution in [3.8, 4) is 0 Å². The summed E-state index contributed by atoms with van der Waals surface area (Å²) in [5.41, 5.74) is -1.10. The smallest absolute Gasteiger partial charge is 0.226 e. The molecule has 2 saturated carbocycles. The Labute approximate surface area is 120 Å². The first-order valence-corrected chi connectivity index (χ1v) is 7.84. The van der Waals surface area contributed by atoms with Crippen LogP contribution < -0.4 is 0 Å². The molecule has 2 saturated heterocycles.